The van der Waals surface area contributed by atoms with Crippen molar-refractivity contribution in [3.05, 3.63) is 64.5 Å². The molecule has 132 valence electrons. The van der Waals surface area contributed by atoms with Crippen molar-refractivity contribution in [2.45, 2.75) is 17.9 Å². The molecule has 0 spiro atoms. The first kappa shape index (κ1) is 18.8. The molecule has 0 aromatic heterocycles. The van der Waals surface area contributed by atoms with Crippen molar-refractivity contribution in [3.8, 4) is 0 Å². The van der Waals surface area contributed by atoms with E-state index < -0.39 is 48.3 Å². The number of hydrogen-bond donors (Lipinski definition) is 0. The lowest BCUT2D eigenvalue weighted by Crippen LogP contribution is -2.42. The van der Waals surface area contributed by atoms with Gasteiger partial charge in [0, 0.05) is 12.1 Å². The summed E-state index contributed by atoms with van der Waals surface area (Å²) in [5.74, 6) is -0.888. The first-order valence-electron chi connectivity index (χ1n) is 6.89. The van der Waals surface area contributed by atoms with Gasteiger partial charge in [0.2, 0.25) is 5.24 Å². The zero-order valence-electron chi connectivity index (χ0n) is 12.8. The van der Waals surface area contributed by atoms with Crippen LogP contribution in [0.2, 0.25) is 0 Å². The third kappa shape index (κ3) is 3.77. The predicted octanol–water partition coefficient (Wildman–Crippen LogP) is 3.08. The molecule has 0 aliphatic heterocycles. The summed E-state index contributed by atoms with van der Waals surface area (Å²) in [6.45, 7) is 1.19. The molecule has 0 N–H and O–H groups in total. The number of rotatable bonds is 6. The molecular formula is C15H12ClFN2O5S. The second kappa shape index (κ2) is 7.16. The molecule has 10 heteroatoms. The Morgan fingerprint density at radius 3 is 2.44 bits per heavy atom. The average Bonchev–Trinajstić information content (AvgIpc) is 2.56. The highest BCUT2D eigenvalue weighted by Gasteiger charge is 2.35. The third-order valence-corrected chi connectivity index (χ3v) is 5.55. The number of hydrogen-bond acceptors (Lipinski definition) is 5. The number of para-hydroxylation sites is 1. The molecule has 25 heavy (non-hydrogen) atoms. The molecule has 0 bridgehead atoms. The zero-order valence-corrected chi connectivity index (χ0v) is 14.4. The van der Waals surface area contributed by atoms with E-state index in [1.165, 1.54) is 31.2 Å². The number of carbonyl (C=O) groups excluding carboxylic acids is 1. The minimum absolute atomic E-state index is 0.393. The number of halogens is 2. The number of benzene rings is 2. The van der Waals surface area contributed by atoms with Crippen molar-refractivity contribution in [2.75, 3.05) is 4.31 Å². The smallest absolute Gasteiger partial charge is 0.270 e. The van der Waals surface area contributed by atoms with E-state index in [-0.39, 0.29) is 0 Å². The molecule has 0 heterocycles. The second-order valence-electron chi connectivity index (χ2n) is 4.99. The zero-order chi connectivity index (χ0) is 18.8. The minimum atomic E-state index is -4.49. The highest BCUT2D eigenvalue weighted by molar-refractivity contribution is 7.93. The fourth-order valence-corrected chi connectivity index (χ4v) is 3.96. The summed E-state index contributed by atoms with van der Waals surface area (Å²) in [6, 6.07) is 7.74. The largest absolute Gasteiger partial charge is 0.279 e. The number of nitrogens with zero attached hydrogens (tertiary/aromatic N) is 2. The predicted molar refractivity (Wildman–Crippen MR) is 89.5 cm³/mol. The molecule has 0 radical (unpaired) electrons. The molecule has 2 aromatic rings. The molecule has 2 rings (SSSR count). The van der Waals surface area contributed by atoms with Crippen molar-refractivity contribution in [1.29, 1.82) is 0 Å². The van der Waals surface area contributed by atoms with Crippen molar-refractivity contribution in [2.24, 2.45) is 0 Å². The fourth-order valence-electron chi connectivity index (χ4n) is 2.14. The monoisotopic (exact) mass is 386 g/mol. The van der Waals surface area contributed by atoms with Gasteiger partial charge < -0.3 is 0 Å². The number of carbonyl (C=O) groups is 1. The topological polar surface area (TPSA) is 97.6 Å². The number of non-ortho nitro benzene ring substituents is 1. The summed E-state index contributed by atoms with van der Waals surface area (Å²) in [5.41, 5.74) is -0.852. The Morgan fingerprint density at radius 1 is 1.24 bits per heavy atom. The van der Waals surface area contributed by atoms with Crippen LogP contribution in [0.3, 0.4) is 0 Å². The molecule has 1 unspecified atom stereocenters. The van der Waals surface area contributed by atoms with Gasteiger partial charge in [-0.1, -0.05) is 18.2 Å². The number of sulfonamides is 1. The maximum atomic E-state index is 14.1. The first-order chi connectivity index (χ1) is 11.7. The van der Waals surface area contributed by atoms with Crippen molar-refractivity contribution in [1.82, 2.24) is 0 Å². The van der Waals surface area contributed by atoms with Crippen molar-refractivity contribution < 1.29 is 22.5 Å². The molecule has 0 saturated carbocycles. The standard InChI is InChI=1S/C15H12ClFN2O5S/c1-10(15(16)20)18(14-8-3-2-7-13(14)17)25(23,24)12-6-4-5-11(9-12)19(21)22/h2-10H,1H3. The maximum Gasteiger partial charge on any atom is 0.270 e. The highest BCUT2D eigenvalue weighted by Crippen LogP contribution is 2.30. The molecule has 0 saturated heterocycles. The normalized spacial score (nSPS) is 12.4. The molecule has 0 fully saturated rings. The molecular weight excluding hydrogens is 375 g/mol. The van der Waals surface area contributed by atoms with E-state index in [0.717, 1.165) is 24.3 Å². The Labute approximate surface area is 147 Å². The minimum Gasteiger partial charge on any atom is -0.279 e. The van der Waals surface area contributed by atoms with Crippen LogP contribution in [0.25, 0.3) is 0 Å². The third-order valence-electron chi connectivity index (χ3n) is 3.36. The molecule has 1 atom stereocenters. The van der Waals surface area contributed by atoms with Crippen LogP contribution in [0.15, 0.2) is 53.4 Å². The van der Waals surface area contributed by atoms with E-state index in [2.05, 4.69) is 0 Å². The van der Waals surface area contributed by atoms with Gasteiger partial charge in [0.25, 0.3) is 15.7 Å². The number of nitro groups is 1. The first-order valence-corrected chi connectivity index (χ1v) is 8.71. The highest BCUT2D eigenvalue weighted by atomic mass is 35.5. The average molecular weight is 387 g/mol. The molecule has 0 amide bonds. The Morgan fingerprint density at radius 2 is 1.88 bits per heavy atom. The van der Waals surface area contributed by atoms with Crippen LogP contribution in [0.5, 0.6) is 0 Å². The summed E-state index contributed by atoms with van der Waals surface area (Å²) < 4.78 is 40.5. The van der Waals surface area contributed by atoms with Gasteiger partial charge in [-0.3, -0.25) is 19.2 Å². The fraction of sp³-hybridized carbons (Fsp3) is 0.133. The number of nitro benzene ring substituents is 1. The van der Waals surface area contributed by atoms with E-state index in [4.69, 9.17) is 11.6 Å². The van der Waals surface area contributed by atoms with Crippen LogP contribution in [-0.2, 0) is 14.8 Å². The van der Waals surface area contributed by atoms with Gasteiger partial charge in [-0.05, 0) is 36.7 Å². The Balaban J connectivity index is 2.68. The van der Waals surface area contributed by atoms with E-state index in [1.807, 2.05) is 0 Å². The van der Waals surface area contributed by atoms with Crippen molar-refractivity contribution >= 4 is 38.2 Å². The van der Waals surface area contributed by atoms with Crippen LogP contribution in [-0.4, -0.2) is 24.6 Å². The van der Waals surface area contributed by atoms with Gasteiger partial charge >= 0.3 is 0 Å². The van der Waals surface area contributed by atoms with E-state index >= 15 is 0 Å². The van der Waals surface area contributed by atoms with Gasteiger partial charge in [-0.15, -0.1) is 0 Å². The maximum absolute atomic E-state index is 14.1. The van der Waals surface area contributed by atoms with Crippen LogP contribution in [0, 0.1) is 15.9 Å². The summed E-state index contributed by atoms with van der Waals surface area (Å²) >= 11 is 5.42. The lowest BCUT2D eigenvalue weighted by atomic mass is 10.2. The molecule has 0 aliphatic rings. The lowest BCUT2D eigenvalue weighted by Gasteiger charge is -2.28. The summed E-state index contributed by atoms with van der Waals surface area (Å²) in [7, 11) is -4.49. The lowest BCUT2D eigenvalue weighted by molar-refractivity contribution is -0.385. The summed E-state index contributed by atoms with van der Waals surface area (Å²) in [6.07, 6.45) is 0. The van der Waals surface area contributed by atoms with Crippen LogP contribution < -0.4 is 4.31 Å². The number of anilines is 1. The van der Waals surface area contributed by atoms with Crippen LogP contribution >= 0.6 is 11.6 Å². The quantitative estimate of drug-likeness (QED) is 0.431. The SMILES string of the molecule is CC(C(=O)Cl)N(c1ccccc1F)S(=O)(=O)c1cccc([N+](=O)[O-])c1. The van der Waals surface area contributed by atoms with Gasteiger partial charge in [0.15, 0.2) is 0 Å². The Kier molecular flexibility index (Phi) is 5.39. The van der Waals surface area contributed by atoms with Gasteiger partial charge in [0.05, 0.1) is 15.5 Å². The summed E-state index contributed by atoms with van der Waals surface area (Å²) in [5, 5.41) is 9.85. The molecule has 7 nitrogen and oxygen atoms in total. The Hall–Kier alpha value is -2.52. The van der Waals surface area contributed by atoms with Crippen molar-refractivity contribution in [3.63, 3.8) is 0 Å². The van der Waals surface area contributed by atoms with E-state index in [9.17, 15) is 27.7 Å². The van der Waals surface area contributed by atoms with Gasteiger partial charge in [0.1, 0.15) is 11.9 Å². The van der Waals surface area contributed by atoms with Gasteiger partial charge in [-0.2, -0.15) is 0 Å². The molecule has 0 aliphatic carbocycles. The summed E-state index contributed by atoms with van der Waals surface area (Å²) in [4.78, 5) is 21.2. The molecule has 2 aromatic carbocycles. The van der Waals surface area contributed by atoms with Crippen LogP contribution in [0.4, 0.5) is 15.8 Å². The van der Waals surface area contributed by atoms with E-state index in [1.54, 1.807) is 0 Å². The Bertz CT molecular complexity index is 935. The van der Waals surface area contributed by atoms with Gasteiger partial charge in [-0.25, -0.2) is 12.8 Å². The second-order valence-corrected chi connectivity index (χ2v) is 7.17. The van der Waals surface area contributed by atoms with Crippen LogP contribution in [0.1, 0.15) is 6.92 Å². The van der Waals surface area contributed by atoms with E-state index in [0.29, 0.717) is 4.31 Å².